The third-order valence-electron chi connectivity index (χ3n) is 2.80. The first-order valence-electron chi connectivity index (χ1n) is 6.25. The summed E-state index contributed by atoms with van der Waals surface area (Å²) in [7, 11) is -3.22. The summed E-state index contributed by atoms with van der Waals surface area (Å²) in [5, 5.41) is 3.34. The van der Waals surface area contributed by atoms with E-state index < -0.39 is 10.0 Å². The Labute approximate surface area is 123 Å². The van der Waals surface area contributed by atoms with Crippen molar-refractivity contribution in [2.24, 2.45) is 0 Å². The van der Waals surface area contributed by atoms with Crippen LogP contribution in [0.3, 0.4) is 0 Å². The van der Waals surface area contributed by atoms with E-state index in [1.807, 2.05) is 18.3 Å². The number of thiazole rings is 1. The number of rotatable bonds is 6. The van der Waals surface area contributed by atoms with E-state index in [4.69, 9.17) is 0 Å². The fourth-order valence-electron chi connectivity index (χ4n) is 1.65. The predicted octanol–water partition coefficient (Wildman–Crippen LogP) is 3.08. The molecule has 20 heavy (non-hydrogen) atoms. The van der Waals surface area contributed by atoms with Crippen LogP contribution in [0.4, 0.5) is 11.4 Å². The predicted molar refractivity (Wildman–Crippen MR) is 83.7 cm³/mol. The molecule has 5 nitrogen and oxygen atoms in total. The quantitative estimate of drug-likeness (QED) is 0.860. The summed E-state index contributed by atoms with van der Waals surface area (Å²) in [6.07, 6.45) is 1.84. The van der Waals surface area contributed by atoms with Crippen molar-refractivity contribution in [3.63, 3.8) is 0 Å². The van der Waals surface area contributed by atoms with E-state index in [0.29, 0.717) is 5.69 Å². The van der Waals surface area contributed by atoms with Crippen LogP contribution in [-0.2, 0) is 10.0 Å². The molecule has 0 bridgehead atoms. The summed E-state index contributed by atoms with van der Waals surface area (Å²) in [5.74, 6) is 0.0649. The van der Waals surface area contributed by atoms with Crippen molar-refractivity contribution in [2.45, 2.75) is 19.9 Å². The van der Waals surface area contributed by atoms with Gasteiger partial charge in [-0.25, -0.2) is 8.42 Å². The van der Waals surface area contributed by atoms with Gasteiger partial charge in [0.1, 0.15) is 0 Å². The Morgan fingerprint density at radius 3 is 2.45 bits per heavy atom. The van der Waals surface area contributed by atoms with Gasteiger partial charge in [-0.3, -0.25) is 9.71 Å². The Morgan fingerprint density at radius 1 is 1.25 bits per heavy atom. The smallest absolute Gasteiger partial charge is 0.232 e. The zero-order valence-corrected chi connectivity index (χ0v) is 13.0. The molecule has 1 aromatic carbocycles. The van der Waals surface area contributed by atoms with Crippen molar-refractivity contribution in [1.82, 2.24) is 4.98 Å². The molecule has 0 aliphatic rings. The molecule has 0 spiro atoms. The minimum absolute atomic E-state index is 0.0649. The average Bonchev–Trinajstić information content (AvgIpc) is 2.95. The zero-order valence-electron chi connectivity index (χ0n) is 11.3. The molecule has 0 fully saturated rings. The normalized spacial score (nSPS) is 12.9. The molecule has 1 heterocycles. The molecule has 2 N–H and O–H groups in total. The molecular formula is C13H17N3O2S2. The third-order valence-corrected chi connectivity index (χ3v) is 5.06. The highest BCUT2D eigenvalue weighted by molar-refractivity contribution is 7.92. The minimum atomic E-state index is -3.22. The van der Waals surface area contributed by atoms with E-state index in [1.165, 1.54) is 0 Å². The highest BCUT2D eigenvalue weighted by atomic mass is 32.2. The zero-order chi connectivity index (χ0) is 14.6. The van der Waals surface area contributed by atoms with Crippen LogP contribution in [0.15, 0.2) is 36.0 Å². The number of hydrogen-bond acceptors (Lipinski definition) is 5. The lowest BCUT2D eigenvalue weighted by Gasteiger charge is -2.14. The molecule has 7 heteroatoms. The lowest BCUT2D eigenvalue weighted by Crippen LogP contribution is -2.14. The van der Waals surface area contributed by atoms with Gasteiger partial charge in [0.2, 0.25) is 10.0 Å². The van der Waals surface area contributed by atoms with E-state index in [1.54, 1.807) is 35.9 Å². The van der Waals surface area contributed by atoms with Gasteiger partial charge in [0, 0.05) is 22.4 Å². The lowest BCUT2D eigenvalue weighted by molar-refractivity contribution is 0.602. The molecule has 0 saturated carbocycles. The van der Waals surface area contributed by atoms with Gasteiger partial charge in [0.05, 0.1) is 17.3 Å². The van der Waals surface area contributed by atoms with Gasteiger partial charge in [-0.15, -0.1) is 11.3 Å². The van der Waals surface area contributed by atoms with Gasteiger partial charge in [-0.2, -0.15) is 0 Å². The molecule has 2 rings (SSSR count). The van der Waals surface area contributed by atoms with Gasteiger partial charge < -0.3 is 5.32 Å². The van der Waals surface area contributed by atoms with Crippen molar-refractivity contribution < 1.29 is 8.42 Å². The minimum Gasteiger partial charge on any atom is -0.378 e. The molecule has 0 amide bonds. The maximum atomic E-state index is 11.5. The molecule has 1 atom stereocenters. The highest BCUT2D eigenvalue weighted by Gasteiger charge is 2.08. The first-order valence-corrected chi connectivity index (χ1v) is 8.79. The number of anilines is 2. The summed E-state index contributed by atoms with van der Waals surface area (Å²) >= 11 is 1.60. The molecule has 1 unspecified atom stereocenters. The standard InChI is InChI=1S/C13H17N3O2S2/c1-3-20(17,18)16-12-6-4-11(5-7-12)15-10(2)13-8-14-9-19-13/h4-10,15-16H,3H2,1-2H3. The highest BCUT2D eigenvalue weighted by Crippen LogP contribution is 2.23. The van der Waals surface area contributed by atoms with Crippen LogP contribution in [0.1, 0.15) is 24.8 Å². The van der Waals surface area contributed by atoms with Crippen LogP contribution in [-0.4, -0.2) is 19.2 Å². The van der Waals surface area contributed by atoms with Gasteiger partial charge in [0.25, 0.3) is 0 Å². The molecule has 0 aliphatic carbocycles. The van der Waals surface area contributed by atoms with Crippen LogP contribution in [0, 0.1) is 0 Å². The van der Waals surface area contributed by atoms with Gasteiger partial charge in [-0.05, 0) is 38.1 Å². The average molecular weight is 311 g/mol. The van der Waals surface area contributed by atoms with Crippen molar-refractivity contribution in [3.8, 4) is 0 Å². The number of sulfonamides is 1. The topological polar surface area (TPSA) is 71.1 Å². The second-order valence-electron chi connectivity index (χ2n) is 4.35. The SMILES string of the molecule is CCS(=O)(=O)Nc1ccc(NC(C)c2cncs2)cc1. The van der Waals surface area contributed by atoms with Crippen LogP contribution >= 0.6 is 11.3 Å². The Balaban J connectivity index is 2.02. The molecule has 0 aliphatic heterocycles. The van der Waals surface area contributed by atoms with Crippen molar-refractivity contribution in [2.75, 3.05) is 15.8 Å². The van der Waals surface area contributed by atoms with E-state index in [-0.39, 0.29) is 11.8 Å². The Hall–Kier alpha value is -1.60. The number of nitrogens with zero attached hydrogens (tertiary/aromatic N) is 1. The lowest BCUT2D eigenvalue weighted by atomic mass is 10.2. The summed E-state index contributed by atoms with van der Waals surface area (Å²) in [5.41, 5.74) is 3.31. The molecule has 0 saturated heterocycles. The largest absolute Gasteiger partial charge is 0.378 e. The van der Waals surface area contributed by atoms with E-state index in [9.17, 15) is 8.42 Å². The number of nitrogens with one attached hydrogen (secondary N) is 2. The Kier molecular flexibility index (Phi) is 4.61. The fourth-order valence-corrected chi connectivity index (χ4v) is 2.91. The molecule has 2 aromatic rings. The maximum absolute atomic E-state index is 11.5. The van der Waals surface area contributed by atoms with Crippen molar-refractivity contribution >= 4 is 32.7 Å². The second-order valence-corrected chi connectivity index (χ2v) is 7.28. The van der Waals surface area contributed by atoms with E-state index in [0.717, 1.165) is 10.6 Å². The number of hydrogen-bond donors (Lipinski definition) is 2. The molecule has 108 valence electrons. The van der Waals surface area contributed by atoms with Crippen molar-refractivity contribution in [1.29, 1.82) is 0 Å². The fraction of sp³-hybridized carbons (Fsp3) is 0.308. The second kappa shape index (κ2) is 6.23. The van der Waals surface area contributed by atoms with Crippen LogP contribution in [0.25, 0.3) is 0 Å². The molecule has 1 aromatic heterocycles. The Bertz CT molecular complexity index is 637. The van der Waals surface area contributed by atoms with E-state index in [2.05, 4.69) is 21.9 Å². The van der Waals surface area contributed by atoms with Gasteiger partial charge >= 0.3 is 0 Å². The van der Waals surface area contributed by atoms with Gasteiger partial charge in [-0.1, -0.05) is 0 Å². The Morgan fingerprint density at radius 2 is 1.90 bits per heavy atom. The van der Waals surface area contributed by atoms with Crippen LogP contribution in [0.5, 0.6) is 0 Å². The summed E-state index contributed by atoms with van der Waals surface area (Å²) in [6, 6.07) is 7.36. The monoisotopic (exact) mass is 311 g/mol. The van der Waals surface area contributed by atoms with Crippen LogP contribution in [0.2, 0.25) is 0 Å². The first kappa shape index (κ1) is 14.8. The maximum Gasteiger partial charge on any atom is 0.232 e. The number of aromatic nitrogens is 1. The number of benzene rings is 1. The molecule has 0 radical (unpaired) electrons. The van der Waals surface area contributed by atoms with E-state index >= 15 is 0 Å². The summed E-state index contributed by atoms with van der Waals surface area (Å²) in [4.78, 5) is 5.20. The van der Waals surface area contributed by atoms with Crippen LogP contribution < -0.4 is 10.0 Å². The first-order chi connectivity index (χ1) is 9.50. The summed E-state index contributed by atoms with van der Waals surface area (Å²) in [6.45, 7) is 3.66. The summed E-state index contributed by atoms with van der Waals surface area (Å²) < 4.78 is 25.4. The molecular weight excluding hydrogens is 294 g/mol. The van der Waals surface area contributed by atoms with Gasteiger partial charge in [0.15, 0.2) is 0 Å². The third kappa shape index (κ3) is 3.94. The van der Waals surface area contributed by atoms with Crippen molar-refractivity contribution in [3.05, 3.63) is 40.8 Å².